The lowest BCUT2D eigenvalue weighted by molar-refractivity contribution is -0.130. The number of azo groups is 1. The normalized spacial score (nSPS) is 21.9. The molecule has 0 saturated carbocycles. The summed E-state index contributed by atoms with van der Waals surface area (Å²) < 4.78 is 0. The number of benzene rings is 1. The summed E-state index contributed by atoms with van der Waals surface area (Å²) in [6, 6.07) is 6.21. The minimum Gasteiger partial charge on any atom is -0.343 e. The highest BCUT2D eigenvalue weighted by molar-refractivity contribution is 6.30. The first-order valence-electron chi connectivity index (χ1n) is 7.84. The standard InChI is InChI=1S/C16H18ClN5O2/c1-10(23)22-8-6-11(7-9-22)14-15(16(24)21-19-14)20-18-13-4-2-12(17)3-5-13/h2-5,11,15H,6-9H2,1H3,(H,21,24)/t15-/m1/s1. The van der Waals surface area contributed by atoms with Gasteiger partial charge >= 0.3 is 0 Å². The molecule has 0 radical (unpaired) electrons. The SMILES string of the molecule is CC(=O)N1CCC(C2=NNC(=O)[C@@H]2N=Nc2ccc(Cl)cc2)CC1. The van der Waals surface area contributed by atoms with Gasteiger partial charge in [-0.25, -0.2) is 5.43 Å². The quantitative estimate of drug-likeness (QED) is 0.852. The molecule has 1 aromatic carbocycles. The van der Waals surface area contributed by atoms with Crippen LogP contribution in [0.4, 0.5) is 5.69 Å². The first-order valence-corrected chi connectivity index (χ1v) is 8.21. The predicted octanol–water partition coefficient (Wildman–Crippen LogP) is 2.54. The third-order valence-corrected chi connectivity index (χ3v) is 4.55. The van der Waals surface area contributed by atoms with Crippen LogP contribution < -0.4 is 5.43 Å². The molecule has 2 aliphatic rings. The Labute approximate surface area is 144 Å². The van der Waals surface area contributed by atoms with Crippen LogP contribution in [0, 0.1) is 5.92 Å². The van der Waals surface area contributed by atoms with Crippen molar-refractivity contribution in [3.05, 3.63) is 29.3 Å². The third-order valence-electron chi connectivity index (χ3n) is 4.30. The van der Waals surface area contributed by atoms with E-state index in [0.29, 0.717) is 29.5 Å². The number of carbonyl (C=O) groups is 2. The predicted molar refractivity (Wildman–Crippen MR) is 90.3 cm³/mol. The Morgan fingerprint density at radius 3 is 2.58 bits per heavy atom. The first kappa shape index (κ1) is 16.6. The van der Waals surface area contributed by atoms with Gasteiger partial charge in [0.1, 0.15) is 0 Å². The zero-order valence-electron chi connectivity index (χ0n) is 13.3. The molecule has 0 aliphatic carbocycles. The average molecular weight is 348 g/mol. The van der Waals surface area contributed by atoms with Gasteiger partial charge in [0.15, 0.2) is 6.04 Å². The highest BCUT2D eigenvalue weighted by Crippen LogP contribution is 2.25. The average Bonchev–Trinajstić information content (AvgIpc) is 2.95. The van der Waals surface area contributed by atoms with Gasteiger partial charge in [-0.05, 0) is 37.1 Å². The van der Waals surface area contributed by atoms with Crippen LogP contribution in [0.1, 0.15) is 19.8 Å². The molecule has 0 bridgehead atoms. The fourth-order valence-corrected chi connectivity index (χ4v) is 3.05. The first-order chi connectivity index (χ1) is 11.5. The van der Waals surface area contributed by atoms with Crippen LogP contribution in [0.3, 0.4) is 0 Å². The highest BCUT2D eigenvalue weighted by atomic mass is 35.5. The molecule has 2 aliphatic heterocycles. The van der Waals surface area contributed by atoms with Gasteiger partial charge in [-0.15, -0.1) is 0 Å². The van der Waals surface area contributed by atoms with Crippen molar-refractivity contribution in [3.63, 3.8) is 0 Å². The van der Waals surface area contributed by atoms with E-state index in [2.05, 4.69) is 20.8 Å². The van der Waals surface area contributed by atoms with Crippen molar-refractivity contribution in [3.8, 4) is 0 Å². The molecule has 126 valence electrons. The van der Waals surface area contributed by atoms with Gasteiger partial charge in [0.2, 0.25) is 5.91 Å². The summed E-state index contributed by atoms with van der Waals surface area (Å²) in [5, 5.41) is 13.1. The molecule has 1 atom stereocenters. The molecule has 24 heavy (non-hydrogen) atoms. The maximum absolute atomic E-state index is 12.0. The topological polar surface area (TPSA) is 86.5 Å². The maximum atomic E-state index is 12.0. The second-order valence-corrected chi connectivity index (χ2v) is 6.32. The van der Waals surface area contributed by atoms with Gasteiger partial charge in [-0.2, -0.15) is 15.3 Å². The monoisotopic (exact) mass is 347 g/mol. The Morgan fingerprint density at radius 2 is 1.96 bits per heavy atom. The van der Waals surface area contributed by atoms with Gasteiger partial charge in [0.25, 0.3) is 5.91 Å². The van der Waals surface area contributed by atoms with Crippen molar-refractivity contribution in [2.75, 3.05) is 13.1 Å². The number of likely N-dealkylation sites (tertiary alicyclic amines) is 1. The number of rotatable bonds is 3. The molecule has 7 nitrogen and oxygen atoms in total. The fourth-order valence-electron chi connectivity index (χ4n) is 2.92. The van der Waals surface area contributed by atoms with Crippen LogP contribution in [0.2, 0.25) is 5.02 Å². The largest absolute Gasteiger partial charge is 0.343 e. The molecule has 2 heterocycles. The molecule has 0 unspecified atom stereocenters. The van der Waals surface area contributed by atoms with E-state index in [1.54, 1.807) is 31.2 Å². The third kappa shape index (κ3) is 3.62. The van der Waals surface area contributed by atoms with Crippen LogP contribution in [-0.2, 0) is 9.59 Å². The second kappa shape index (κ2) is 7.09. The zero-order valence-corrected chi connectivity index (χ0v) is 14.0. The number of piperidine rings is 1. The van der Waals surface area contributed by atoms with E-state index in [9.17, 15) is 9.59 Å². The number of hydrogen-bond donors (Lipinski definition) is 1. The summed E-state index contributed by atoms with van der Waals surface area (Å²) in [5.74, 6) is -0.0552. The maximum Gasteiger partial charge on any atom is 0.272 e. The smallest absolute Gasteiger partial charge is 0.272 e. The van der Waals surface area contributed by atoms with Crippen LogP contribution in [-0.4, -0.2) is 41.6 Å². The highest BCUT2D eigenvalue weighted by Gasteiger charge is 2.37. The van der Waals surface area contributed by atoms with Gasteiger partial charge in [-0.1, -0.05) is 11.6 Å². The molecule has 1 N–H and O–H groups in total. The number of carbonyl (C=O) groups excluding carboxylic acids is 2. The van der Waals surface area contributed by atoms with E-state index < -0.39 is 6.04 Å². The molecular weight excluding hydrogens is 330 g/mol. The summed E-state index contributed by atoms with van der Waals surface area (Å²) in [6.45, 7) is 2.92. The Morgan fingerprint density at radius 1 is 1.29 bits per heavy atom. The van der Waals surface area contributed by atoms with E-state index in [1.165, 1.54) is 0 Å². The second-order valence-electron chi connectivity index (χ2n) is 5.89. The lowest BCUT2D eigenvalue weighted by atomic mass is 9.88. The van der Waals surface area contributed by atoms with Crippen LogP contribution in [0.5, 0.6) is 0 Å². The Kier molecular flexibility index (Phi) is 4.89. The summed E-state index contributed by atoms with van der Waals surface area (Å²) in [6.07, 6.45) is 1.56. The van der Waals surface area contributed by atoms with Crippen molar-refractivity contribution < 1.29 is 9.59 Å². The summed E-state index contributed by atoms with van der Waals surface area (Å²) in [7, 11) is 0. The van der Waals surface area contributed by atoms with E-state index in [1.807, 2.05) is 4.90 Å². The minimum atomic E-state index is -0.699. The van der Waals surface area contributed by atoms with E-state index >= 15 is 0 Å². The lowest BCUT2D eigenvalue weighted by Crippen LogP contribution is -2.41. The Hall–Kier alpha value is -2.28. The molecule has 2 amide bonds. The molecular formula is C16H18ClN5O2. The summed E-state index contributed by atoms with van der Waals surface area (Å²) >= 11 is 5.84. The van der Waals surface area contributed by atoms with Crippen molar-refractivity contribution in [2.24, 2.45) is 21.2 Å². The zero-order chi connectivity index (χ0) is 17.1. The van der Waals surface area contributed by atoms with Gasteiger partial charge in [0, 0.05) is 31.0 Å². The van der Waals surface area contributed by atoms with Crippen molar-refractivity contribution in [2.45, 2.75) is 25.8 Å². The Balaban J connectivity index is 1.68. The molecule has 1 fully saturated rings. The molecule has 1 saturated heterocycles. The van der Waals surface area contributed by atoms with Crippen LogP contribution in [0.25, 0.3) is 0 Å². The van der Waals surface area contributed by atoms with Gasteiger partial charge in [0.05, 0.1) is 11.4 Å². The molecule has 1 aromatic rings. The number of amides is 2. The molecule has 0 spiro atoms. The number of hydrogen-bond acceptors (Lipinski definition) is 5. The number of nitrogens with zero attached hydrogens (tertiary/aromatic N) is 4. The fraction of sp³-hybridized carbons (Fsp3) is 0.438. The van der Waals surface area contributed by atoms with Crippen molar-refractivity contribution in [1.29, 1.82) is 0 Å². The van der Waals surface area contributed by atoms with Crippen LogP contribution in [0.15, 0.2) is 39.6 Å². The van der Waals surface area contributed by atoms with Crippen LogP contribution >= 0.6 is 11.6 Å². The van der Waals surface area contributed by atoms with E-state index in [4.69, 9.17) is 11.6 Å². The number of nitrogens with one attached hydrogen (secondary N) is 1. The Bertz CT molecular complexity index is 693. The van der Waals surface area contributed by atoms with Gasteiger partial charge < -0.3 is 4.90 Å². The molecule has 0 aromatic heterocycles. The number of halogens is 1. The lowest BCUT2D eigenvalue weighted by Gasteiger charge is -2.31. The summed E-state index contributed by atoms with van der Waals surface area (Å²) in [4.78, 5) is 25.2. The van der Waals surface area contributed by atoms with Gasteiger partial charge in [-0.3, -0.25) is 9.59 Å². The van der Waals surface area contributed by atoms with E-state index in [-0.39, 0.29) is 17.7 Å². The summed E-state index contributed by atoms with van der Waals surface area (Å²) in [5.41, 5.74) is 3.83. The van der Waals surface area contributed by atoms with E-state index in [0.717, 1.165) is 12.8 Å². The van der Waals surface area contributed by atoms with Crippen molar-refractivity contribution >= 4 is 34.8 Å². The van der Waals surface area contributed by atoms with Crippen molar-refractivity contribution in [1.82, 2.24) is 10.3 Å². The molecule has 3 rings (SSSR count). The molecule has 8 heteroatoms. The minimum absolute atomic E-state index is 0.0787. The number of hydrazone groups is 1.